The Kier molecular flexibility index (Phi) is 2.75. The first-order valence-corrected chi connectivity index (χ1v) is 5.22. The third kappa shape index (κ3) is 1.95. The Bertz CT molecular complexity index is 543. The smallest absolute Gasteiger partial charge is 0.186 e. The lowest BCUT2D eigenvalue weighted by atomic mass is 10.3. The van der Waals surface area contributed by atoms with E-state index in [1.165, 1.54) is 6.07 Å². The van der Waals surface area contributed by atoms with E-state index >= 15 is 0 Å². The Morgan fingerprint density at radius 1 is 1.29 bits per heavy atom. The van der Waals surface area contributed by atoms with Crippen molar-refractivity contribution in [1.82, 2.24) is 9.78 Å². The summed E-state index contributed by atoms with van der Waals surface area (Å²) in [5.41, 5.74) is 7.48. The van der Waals surface area contributed by atoms with Gasteiger partial charge in [-0.25, -0.2) is 4.39 Å². The van der Waals surface area contributed by atoms with Crippen LogP contribution in [0, 0.1) is 19.7 Å². The Morgan fingerprint density at radius 2 is 2.00 bits per heavy atom. The highest BCUT2D eigenvalue weighted by Crippen LogP contribution is 2.33. The summed E-state index contributed by atoms with van der Waals surface area (Å²) in [6, 6.07) is 4.45. The summed E-state index contributed by atoms with van der Waals surface area (Å²) >= 11 is 0. The van der Waals surface area contributed by atoms with E-state index in [1.54, 1.807) is 30.8 Å². The number of benzene rings is 1. The van der Waals surface area contributed by atoms with Gasteiger partial charge in [-0.3, -0.25) is 4.68 Å². The van der Waals surface area contributed by atoms with Crippen LogP contribution in [0.1, 0.15) is 11.4 Å². The second-order valence-corrected chi connectivity index (χ2v) is 3.88. The van der Waals surface area contributed by atoms with Crippen LogP contribution >= 0.6 is 0 Å². The molecule has 2 rings (SSSR count). The number of halogens is 1. The molecule has 0 aliphatic heterocycles. The van der Waals surface area contributed by atoms with E-state index in [-0.39, 0.29) is 11.4 Å². The largest absolute Gasteiger partial charge is 0.448 e. The molecule has 2 aromatic rings. The lowest BCUT2D eigenvalue weighted by Gasteiger charge is -2.09. The summed E-state index contributed by atoms with van der Waals surface area (Å²) in [6.07, 6.45) is 0. The normalized spacial score (nSPS) is 10.6. The number of hydrogen-bond acceptors (Lipinski definition) is 3. The minimum atomic E-state index is -0.479. The van der Waals surface area contributed by atoms with Gasteiger partial charge < -0.3 is 10.5 Å². The van der Waals surface area contributed by atoms with Crippen molar-refractivity contribution in [2.45, 2.75) is 13.8 Å². The second kappa shape index (κ2) is 4.08. The Hall–Kier alpha value is -2.04. The summed E-state index contributed by atoms with van der Waals surface area (Å²) in [4.78, 5) is 0. The number of para-hydroxylation sites is 1. The van der Waals surface area contributed by atoms with Crippen LogP contribution in [-0.2, 0) is 7.05 Å². The van der Waals surface area contributed by atoms with Crippen molar-refractivity contribution in [2.75, 3.05) is 5.73 Å². The number of aryl methyl sites for hydroxylation is 2. The lowest BCUT2D eigenvalue weighted by Crippen LogP contribution is -1.97. The zero-order valence-corrected chi connectivity index (χ0v) is 9.99. The van der Waals surface area contributed by atoms with Crippen LogP contribution in [0.4, 0.5) is 10.1 Å². The molecule has 0 amide bonds. The molecule has 17 heavy (non-hydrogen) atoms. The van der Waals surface area contributed by atoms with Crippen LogP contribution in [0.25, 0.3) is 0 Å². The van der Waals surface area contributed by atoms with Crippen molar-refractivity contribution in [2.24, 2.45) is 7.05 Å². The van der Waals surface area contributed by atoms with Crippen LogP contribution in [0.3, 0.4) is 0 Å². The number of rotatable bonds is 2. The summed E-state index contributed by atoms with van der Waals surface area (Å²) in [5.74, 6) is 0.114. The quantitative estimate of drug-likeness (QED) is 0.814. The molecule has 0 unspecified atom stereocenters. The molecule has 0 saturated carbocycles. The van der Waals surface area contributed by atoms with E-state index in [0.717, 1.165) is 5.69 Å². The molecule has 0 bridgehead atoms. The molecular weight excluding hydrogens is 221 g/mol. The molecule has 0 spiro atoms. The predicted molar refractivity (Wildman–Crippen MR) is 63.6 cm³/mol. The highest BCUT2D eigenvalue weighted by atomic mass is 19.1. The maximum atomic E-state index is 13.6. The van der Waals surface area contributed by atoms with Crippen LogP contribution in [0.2, 0.25) is 0 Å². The minimum absolute atomic E-state index is 0.0479. The molecule has 5 heteroatoms. The van der Waals surface area contributed by atoms with E-state index in [4.69, 9.17) is 10.5 Å². The molecule has 90 valence electrons. The average molecular weight is 235 g/mol. The van der Waals surface area contributed by atoms with Crippen LogP contribution in [-0.4, -0.2) is 9.78 Å². The van der Waals surface area contributed by atoms with E-state index < -0.39 is 5.82 Å². The zero-order valence-electron chi connectivity index (χ0n) is 9.99. The number of ether oxygens (including phenoxy) is 1. The molecule has 0 aliphatic carbocycles. The topological polar surface area (TPSA) is 53.1 Å². The highest BCUT2D eigenvalue weighted by Gasteiger charge is 2.15. The first-order valence-electron chi connectivity index (χ1n) is 5.22. The predicted octanol–water partition coefficient (Wildman–Crippen LogP) is 2.55. The van der Waals surface area contributed by atoms with Gasteiger partial charge in [-0.2, -0.15) is 5.10 Å². The van der Waals surface area contributed by atoms with Crippen LogP contribution < -0.4 is 10.5 Å². The molecule has 0 saturated heterocycles. The van der Waals surface area contributed by atoms with E-state index in [2.05, 4.69) is 5.10 Å². The Labute approximate surface area is 98.8 Å². The minimum Gasteiger partial charge on any atom is -0.448 e. The molecule has 0 radical (unpaired) electrons. The molecular formula is C12H14FN3O. The fourth-order valence-corrected chi connectivity index (χ4v) is 1.64. The Morgan fingerprint density at radius 3 is 2.53 bits per heavy atom. The van der Waals surface area contributed by atoms with E-state index in [1.807, 2.05) is 6.92 Å². The average Bonchev–Trinajstić information content (AvgIpc) is 2.49. The standard InChI is InChI=1S/C12H14FN3O/c1-7-11(8(2)16(3)15-7)17-12-9(13)5-4-6-10(12)14/h4-6H,14H2,1-3H3. The molecule has 0 fully saturated rings. The highest BCUT2D eigenvalue weighted by molar-refractivity contribution is 5.55. The first kappa shape index (κ1) is 11.4. The third-order valence-corrected chi connectivity index (χ3v) is 2.64. The van der Waals surface area contributed by atoms with E-state index in [9.17, 15) is 4.39 Å². The van der Waals surface area contributed by atoms with Gasteiger partial charge in [0, 0.05) is 7.05 Å². The van der Waals surface area contributed by atoms with Gasteiger partial charge >= 0.3 is 0 Å². The molecule has 0 atom stereocenters. The number of nitrogens with two attached hydrogens (primary N) is 1. The van der Waals surface area contributed by atoms with Crippen molar-refractivity contribution in [3.8, 4) is 11.5 Å². The summed E-state index contributed by atoms with van der Waals surface area (Å²) in [6.45, 7) is 3.66. The van der Waals surface area contributed by atoms with Gasteiger partial charge in [0.15, 0.2) is 17.3 Å². The monoisotopic (exact) mass is 235 g/mol. The fraction of sp³-hybridized carbons (Fsp3) is 0.250. The van der Waals surface area contributed by atoms with Crippen LogP contribution in [0.15, 0.2) is 18.2 Å². The van der Waals surface area contributed by atoms with Crippen LogP contribution in [0.5, 0.6) is 11.5 Å². The Balaban J connectivity index is 2.45. The van der Waals surface area contributed by atoms with E-state index in [0.29, 0.717) is 11.4 Å². The van der Waals surface area contributed by atoms with Crippen molar-refractivity contribution in [3.05, 3.63) is 35.4 Å². The second-order valence-electron chi connectivity index (χ2n) is 3.88. The van der Waals surface area contributed by atoms with Crippen molar-refractivity contribution in [1.29, 1.82) is 0 Å². The summed E-state index contributed by atoms with van der Waals surface area (Å²) in [7, 11) is 1.81. The maximum Gasteiger partial charge on any atom is 0.186 e. The van der Waals surface area contributed by atoms with Crippen molar-refractivity contribution >= 4 is 5.69 Å². The third-order valence-electron chi connectivity index (χ3n) is 2.64. The molecule has 4 nitrogen and oxygen atoms in total. The van der Waals surface area contributed by atoms with Gasteiger partial charge in [0.25, 0.3) is 0 Å². The molecule has 1 aromatic heterocycles. The number of hydrogen-bond donors (Lipinski definition) is 1. The van der Waals surface area contributed by atoms with Crippen molar-refractivity contribution < 1.29 is 9.13 Å². The van der Waals surface area contributed by atoms with Gasteiger partial charge in [-0.05, 0) is 26.0 Å². The number of anilines is 1. The molecule has 1 heterocycles. The molecule has 1 aromatic carbocycles. The lowest BCUT2D eigenvalue weighted by molar-refractivity contribution is 0.438. The number of nitrogens with zero attached hydrogens (tertiary/aromatic N) is 2. The number of aromatic nitrogens is 2. The van der Waals surface area contributed by atoms with Crippen molar-refractivity contribution in [3.63, 3.8) is 0 Å². The van der Waals surface area contributed by atoms with Gasteiger partial charge in [0.2, 0.25) is 0 Å². The molecule has 0 aliphatic rings. The van der Waals surface area contributed by atoms with Gasteiger partial charge in [0.1, 0.15) is 5.69 Å². The van der Waals surface area contributed by atoms with Gasteiger partial charge in [-0.15, -0.1) is 0 Å². The molecule has 2 N–H and O–H groups in total. The maximum absolute atomic E-state index is 13.6. The number of nitrogen functional groups attached to an aromatic ring is 1. The fourth-order valence-electron chi connectivity index (χ4n) is 1.64. The first-order chi connectivity index (χ1) is 8.00. The summed E-state index contributed by atoms with van der Waals surface area (Å²) < 4.78 is 20.8. The van der Waals surface area contributed by atoms with Gasteiger partial charge in [0.05, 0.1) is 11.4 Å². The SMILES string of the molecule is Cc1nn(C)c(C)c1Oc1c(N)cccc1F. The van der Waals surface area contributed by atoms with Gasteiger partial charge in [-0.1, -0.05) is 6.07 Å². The zero-order chi connectivity index (χ0) is 12.6. The summed E-state index contributed by atoms with van der Waals surface area (Å²) in [5, 5.41) is 4.19.